The van der Waals surface area contributed by atoms with Crippen molar-refractivity contribution in [3.63, 3.8) is 0 Å². The van der Waals surface area contributed by atoms with Crippen LogP contribution in [0.15, 0.2) is 0 Å². The zero-order valence-electron chi connectivity index (χ0n) is 35.4. The Morgan fingerprint density at radius 2 is 0.639 bits per heavy atom. The Hall–Kier alpha value is -5.56. The molecule has 0 aromatic carbocycles. The van der Waals surface area contributed by atoms with E-state index < -0.39 is 126 Å². The number of ketones is 4. The van der Waals surface area contributed by atoms with Crippen molar-refractivity contribution >= 4 is 70.9 Å². The fourth-order valence-corrected chi connectivity index (χ4v) is 6.11. The molecule has 61 heavy (non-hydrogen) atoms. The lowest BCUT2D eigenvalue weighted by molar-refractivity contribution is -0.156. The van der Waals surface area contributed by atoms with Crippen LogP contribution in [0.2, 0.25) is 0 Å². The number of carboxylic acids is 4. The van der Waals surface area contributed by atoms with Crippen molar-refractivity contribution in [3.05, 3.63) is 0 Å². The maximum atomic E-state index is 13.7. The van der Waals surface area contributed by atoms with Crippen LogP contribution in [-0.4, -0.2) is 116 Å². The molecule has 0 amide bonds. The molecular weight excluding hydrogens is 812 g/mol. The van der Waals surface area contributed by atoms with Crippen molar-refractivity contribution in [2.75, 3.05) is 0 Å². The van der Waals surface area contributed by atoms with Gasteiger partial charge in [0.25, 0.3) is 0 Å². The fourth-order valence-electron chi connectivity index (χ4n) is 6.11. The first-order valence-electron chi connectivity index (χ1n) is 20.2. The summed E-state index contributed by atoms with van der Waals surface area (Å²) in [6.45, 7) is 6.71. The third-order valence-corrected chi connectivity index (χ3v) is 9.65. The highest BCUT2D eigenvalue weighted by atomic mass is 16.6. The molecule has 344 valence electrons. The van der Waals surface area contributed by atoms with Crippen LogP contribution in [0.1, 0.15) is 144 Å². The van der Waals surface area contributed by atoms with E-state index >= 15 is 0 Å². The van der Waals surface area contributed by atoms with Gasteiger partial charge in [-0.05, 0) is 77.6 Å². The predicted molar refractivity (Wildman–Crippen MR) is 207 cm³/mol. The lowest BCUT2D eigenvalue weighted by Gasteiger charge is -2.33. The van der Waals surface area contributed by atoms with Gasteiger partial charge < -0.3 is 39.4 Å². The van der Waals surface area contributed by atoms with E-state index in [4.69, 9.17) is 39.4 Å². The molecule has 0 saturated carbocycles. The molecular formula is C41H60O20. The molecule has 0 fully saturated rings. The van der Waals surface area contributed by atoms with Gasteiger partial charge in [0.2, 0.25) is 0 Å². The molecule has 0 aliphatic rings. The summed E-state index contributed by atoms with van der Waals surface area (Å²) >= 11 is 0. The summed E-state index contributed by atoms with van der Waals surface area (Å²) in [6.07, 6.45) is -9.69. The second-order valence-electron chi connectivity index (χ2n) is 14.9. The zero-order valence-corrected chi connectivity index (χ0v) is 35.4. The Kier molecular flexibility index (Phi) is 26.9. The Morgan fingerprint density at radius 1 is 0.361 bits per heavy atom. The monoisotopic (exact) mass is 872 g/mol. The van der Waals surface area contributed by atoms with E-state index in [2.05, 4.69) is 0 Å². The number of hydrogen-bond acceptors (Lipinski definition) is 16. The number of ether oxygens (including phenoxy) is 4. The first kappa shape index (κ1) is 55.4. The van der Waals surface area contributed by atoms with Crippen LogP contribution < -0.4 is 0 Å². The number of carbonyl (C=O) groups excluding carboxylic acids is 8. The van der Waals surface area contributed by atoms with E-state index in [1.54, 1.807) is 6.92 Å². The maximum absolute atomic E-state index is 13.7. The van der Waals surface area contributed by atoms with Crippen LogP contribution in [0.3, 0.4) is 0 Å². The quantitative estimate of drug-likeness (QED) is 0.0519. The van der Waals surface area contributed by atoms with Crippen LogP contribution >= 0.6 is 0 Å². The number of rotatable bonds is 35. The minimum Gasteiger partial charge on any atom is -0.481 e. The zero-order chi connectivity index (χ0) is 46.8. The summed E-state index contributed by atoms with van der Waals surface area (Å²) < 4.78 is 20.8. The molecule has 0 aliphatic heterocycles. The number of esters is 4. The molecule has 0 spiro atoms. The molecule has 0 saturated heterocycles. The lowest BCUT2D eigenvalue weighted by Crippen LogP contribution is -2.36. The third kappa shape index (κ3) is 26.3. The molecule has 4 N–H and O–H groups in total. The van der Waals surface area contributed by atoms with Crippen LogP contribution in [0, 0.1) is 17.8 Å². The van der Waals surface area contributed by atoms with E-state index in [1.165, 1.54) is 27.7 Å². The van der Waals surface area contributed by atoms with Crippen molar-refractivity contribution in [1.82, 2.24) is 0 Å². The second-order valence-corrected chi connectivity index (χ2v) is 14.9. The topological polar surface area (TPSA) is 323 Å². The summed E-state index contributed by atoms with van der Waals surface area (Å²) in [5, 5.41) is 35.4. The van der Waals surface area contributed by atoms with Gasteiger partial charge in [0.1, 0.15) is 0 Å². The van der Waals surface area contributed by atoms with E-state index in [-0.39, 0.29) is 96.3 Å². The molecule has 0 aromatic heterocycles. The predicted octanol–water partition coefficient (Wildman–Crippen LogP) is 3.83. The number of hydrogen-bond donors (Lipinski definition) is 4. The minimum atomic E-state index is -1.38. The number of carboxylic acid groups (broad SMARTS) is 4. The van der Waals surface area contributed by atoms with Crippen LogP contribution in [0.5, 0.6) is 0 Å². The highest BCUT2D eigenvalue weighted by Crippen LogP contribution is 2.35. The van der Waals surface area contributed by atoms with Gasteiger partial charge in [-0.2, -0.15) is 0 Å². The van der Waals surface area contributed by atoms with Gasteiger partial charge in [-0.25, -0.2) is 0 Å². The minimum absolute atomic E-state index is 0.0352. The average Bonchev–Trinajstić information content (AvgIpc) is 3.14. The average molecular weight is 873 g/mol. The van der Waals surface area contributed by atoms with Crippen LogP contribution in [0.25, 0.3) is 0 Å². The summed E-state index contributed by atoms with van der Waals surface area (Å²) in [5.74, 6) is -13.2. The highest BCUT2D eigenvalue weighted by molar-refractivity contribution is 5.89. The largest absolute Gasteiger partial charge is 0.481 e. The molecule has 0 aromatic rings. The highest BCUT2D eigenvalue weighted by Gasteiger charge is 2.36. The summed E-state index contributed by atoms with van der Waals surface area (Å²) in [4.78, 5) is 147. The van der Waals surface area contributed by atoms with Crippen LogP contribution in [-0.2, 0) is 76.5 Å². The van der Waals surface area contributed by atoms with Gasteiger partial charge in [-0.3, -0.25) is 57.5 Å². The number of carbonyl (C=O) groups is 12. The summed E-state index contributed by atoms with van der Waals surface area (Å²) in [6, 6.07) is 0. The van der Waals surface area contributed by atoms with Gasteiger partial charge in [0.05, 0.1) is 0 Å². The Bertz CT molecular complexity index is 1570. The third-order valence-electron chi connectivity index (χ3n) is 9.65. The first-order valence-corrected chi connectivity index (χ1v) is 20.2. The van der Waals surface area contributed by atoms with Crippen molar-refractivity contribution < 1.29 is 96.9 Å². The molecule has 0 aliphatic carbocycles. The van der Waals surface area contributed by atoms with Gasteiger partial charge >= 0.3 is 47.8 Å². The van der Waals surface area contributed by atoms with E-state index in [0.29, 0.717) is 0 Å². The Morgan fingerprint density at radius 3 is 0.951 bits per heavy atom. The van der Waals surface area contributed by atoms with Gasteiger partial charge in [0.15, 0.2) is 47.5 Å². The summed E-state index contributed by atoms with van der Waals surface area (Å²) in [5.41, 5.74) is 0. The van der Waals surface area contributed by atoms with Gasteiger partial charge in [-0.15, -0.1) is 0 Å². The molecule has 0 bridgehead atoms. The van der Waals surface area contributed by atoms with Crippen molar-refractivity contribution in [3.8, 4) is 0 Å². The molecule has 0 radical (unpaired) electrons. The molecule has 0 heterocycles. The van der Waals surface area contributed by atoms with Crippen molar-refractivity contribution in [1.29, 1.82) is 0 Å². The first-order chi connectivity index (χ1) is 28.4. The summed E-state index contributed by atoms with van der Waals surface area (Å²) in [7, 11) is 0. The van der Waals surface area contributed by atoms with E-state index in [9.17, 15) is 57.5 Å². The standard InChI is InChI=1S/C41H60O20/c1-23(20-31(43)25(3)59-39(55)15-7-11-35(48)49)29(22-33(45)27(5)61-41(57)17-9-13-37(52)53)28(21-32(44)26(4)60-40(56)16-8-12-36(50)51)18-19-30(42)24(2)58-38(54)14-6-10-34(46)47/h23-29H,6-22H2,1-5H3,(H,46,47)(H,48,49)(H,50,51)(H,52,53). The second kappa shape index (κ2) is 29.6. The fraction of sp³-hybridized carbons (Fsp3) is 0.707. The Balaban J connectivity index is 6.59. The molecule has 7 atom stereocenters. The van der Waals surface area contributed by atoms with E-state index in [0.717, 1.165) is 0 Å². The van der Waals surface area contributed by atoms with Gasteiger partial charge in [0, 0.05) is 77.0 Å². The number of Topliss-reactive ketones (excluding diaryl/α,β-unsaturated/α-hetero) is 4. The van der Waals surface area contributed by atoms with Crippen molar-refractivity contribution in [2.24, 2.45) is 17.8 Å². The number of aliphatic carboxylic acids is 4. The molecule has 20 nitrogen and oxygen atoms in total. The Labute approximate surface area is 353 Å². The van der Waals surface area contributed by atoms with Crippen molar-refractivity contribution in [2.45, 2.75) is 168 Å². The molecule has 0 rings (SSSR count). The SMILES string of the molecule is CC(OC(=O)CCCC(=O)O)C(=O)CCC(CC(=O)C(C)OC(=O)CCCC(=O)O)C(CC(=O)C(C)OC(=O)CCCC(=O)O)C(C)CC(=O)C(C)OC(=O)CCCC(=O)O. The molecule has 7 unspecified atom stereocenters. The van der Waals surface area contributed by atoms with E-state index in [1.807, 2.05) is 0 Å². The van der Waals surface area contributed by atoms with Gasteiger partial charge in [-0.1, -0.05) is 6.92 Å². The normalized spacial score (nSPS) is 14.4. The maximum Gasteiger partial charge on any atom is 0.306 e. The van der Waals surface area contributed by atoms with Crippen LogP contribution in [0.4, 0.5) is 0 Å². The molecule has 20 heteroatoms. The smallest absolute Gasteiger partial charge is 0.306 e. The lowest BCUT2D eigenvalue weighted by atomic mass is 9.72.